The molecule has 0 radical (unpaired) electrons. The second-order valence-corrected chi connectivity index (χ2v) is 5.06. The Morgan fingerprint density at radius 1 is 1.45 bits per heavy atom. The molecule has 22 heavy (non-hydrogen) atoms. The molecule has 1 fully saturated rings. The Labute approximate surface area is 129 Å². The van der Waals surface area contributed by atoms with E-state index in [-0.39, 0.29) is 12.0 Å². The maximum atomic E-state index is 11.9. The largest absolute Gasteiger partial charge is 0.442 e. The Morgan fingerprint density at radius 3 is 2.73 bits per heavy atom. The fraction of sp³-hybridized carbons (Fsp3) is 0.312. The van der Waals surface area contributed by atoms with Gasteiger partial charge in [0.25, 0.3) is 0 Å². The number of nitriles is 1. The van der Waals surface area contributed by atoms with Crippen molar-refractivity contribution in [2.75, 3.05) is 18.0 Å². The van der Waals surface area contributed by atoms with Gasteiger partial charge in [0.05, 0.1) is 19.2 Å². The van der Waals surface area contributed by atoms with E-state index in [1.54, 1.807) is 0 Å². The van der Waals surface area contributed by atoms with Gasteiger partial charge in [0.2, 0.25) is 5.91 Å². The summed E-state index contributed by atoms with van der Waals surface area (Å²) in [4.78, 5) is 24.3. The zero-order valence-corrected chi connectivity index (χ0v) is 12.5. The summed E-state index contributed by atoms with van der Waals surface area (Å²) in [5.41, 5.74) is 2.51. The van der Waals surface area contributed by atoms with Crippen LogP contribution >= 0.6 is 0 Å². The van der Waals surface area contributed by atoms with Crippen molar-refractivity contribution in [2.45, 2.75) is 20.0 Å². The number of rotatable bonds is 4. The summed E-state index contributed by atoms with van der Waals surface area (Å²) in [6, 6.07) is 9.32. The van der Waals surface area contributed by atoms with Crippen molar-refractivity contribution in [3.05, 3.63) is 35.9 Å². The van der Waals surface area contributed by atoms with E-state index in [0.29, 0.717) is 13.1 Å². The number of hydrogen-bond donors (Lipinski definition) is 1. The Morgan fingerprint density at radius 2 is 2.14 bits per heavy atom. The molecule has 1 atom stereocenters. The van der Waals surface area contributed by atoms with Crippen molar-refractivity contribution in [3.8, 4) is 6.07 Å². The zero-order chi connectivity index (χ0) is 16.1. The van der Waals surface area contributed by atoms with Gasteiger partial charge in [-0.3, -0.25) is 9.69 Å². The molecule has 6 heteroatoms. The summed E-state index contributed by atoms with van der Waals surface area (Å²) in [5.74, 6) is -0.154. The van der Waals surface area contributed by atoms with Crippen LogP contribution in [0.4, 0.5) is 10.5 Å². The average molecular weight is 299 g/mol. The van der Waals surface area contributed by atoms with Crippen molar-refractivity contribution in [3.63, 3.8) is 0 Å². The fourth-order valence-electron chi connectivity index (χ4n) is 2.18. The molecule has 0 bridgehead atoms. The van der Waals surface area contributed by atoms with Crippen molar-refractivity contribution in [1.82, 2.24) is 5.32 Å². The first-order valence-electron chi connectivity index (χ1n) is 6.90. The highest BCUT2D eigenvalue weighted by Gasteiger charge is 2.32. The van der Waals surface area contributed by atoms with Crippen molar-refractivity contribution >= 4 is 23.3 Å². The van der Waals surface area contributed by atoms with Crippen LogP contribution in [0.15, 0.2) is 30.3 Å². The molecule has 2 amide bonds. The van der Waals surface area contributed by atoms with Crippen LogP contribution in [0, 0.1) is 11.3 Å². The molecule has 0 spiro atoms. The van der Waals surface area contributed by atoms with Gasteiger partial charge in [-0.1, -0.05) is 12.1 Å². The lowest BCUT2D eigenvalue weighted by atomic mass is 10.1. The molecular weight excluding hydrogens is 282 g/mol. The lowest BCUT2D eigenvalue weighted by molar-refractivity contribution is -0.119. The third kappa shape index (κ3) is 3.64. The SMILES string of the molecule is CC(=O)NCC1CN(c2ccc(C(C)=CC#N)cc2)C(=O)O1. The maximum Gasteiger partial charge on any atom is 0.414 e. The molecule has 0 aromatic heterocycles. The molecule has 1 aromatic carbocycles. The molecule has 6 nitrogen and oxygen atoms in total. The monoisotopic (exact) mass is 299 g/mol. The highest BCUT2D eigenvalue weighted by atomic mass is 16.6. The predicted octanol–water partition coefficient (Wildman–Crippen LogP) is 2.07. The number of carbonyl (C=O) groups excluding carboxylic acids is 2. The Kier molecular flexibility index (Phi) is 4.79. The number of amides is 2. The summed E-state index contributed by atoms with van der Waals surface area (Å²) in [5, 5.41) is 11.3. The molecule has 1 N–H and O–H groups in total. The first-order chi connectivity index (χ1) is 10.5. The van der Waals surface area contributed by atoms with Gasteiger partial charge in [-0.25, -0.2) is 4.79 Å². The van der Waals surface area contributed by atoms with E-state index >= 15 is 0 Å². The number of cyclic esters (lactones) is 1. The van der Waals surface area contributed by atoms with Crippen LogP contribution in [0.3, 0.4) is 0 Å². The normalized spacial score (nSPS) is 17.9. The number of ether oxygens (including phenoxy) is 1. The number of hydrogen-bond acceptors (Lipinski definition) is 4. The minimum absolute atomic E-state index is 0.154. The van der Waals surface area contributed by atoms with Gasteiger partial charge in [-0.05, 0) is 30.2 Å². The molecule has 1 aliphatic rings. The number of nitrogens with one attached hydrogen (secondary N) is 1. The smallest absolute Gasteiger partial charge is 0.414 e. The third-order valence-electron chi connectivity index (χ3n) is 3.37. The van der Waals surface area contributed by atoms with Gasteiger partial charge >= 0.3 is 6.09 Å². The molecule has 2 rings (SSSR count). The molecule has 1 heterocycles. The van der Waals surface area contributed by atoms with Crippen LogP contribution in [-0.2, 0) is 9.53 Å². The minimum Gasteiger partial charge on any atom is -0.442 e. The second kappa shape index (κ2) is 6.76. The third-order valence-corrected chi connectivity index (χ3v) is 3.37. The molecule has 1 aliphatic heterocycles. The molecule has 1 saturated heterocycles. The van der Waals surface area contributed by atoms with Gasteiger partial charge < -0.3 is 10.1 Å². The molecule has 114 valence electrons. The van der Waals surface area contributed by atoms with Crippen LogP contribution in [0.25, 0.3) is 5.57 Å². The van der Waals surface area contributed by atoms with Gasteiger partial charge in [0.15, 0.2) is 0 Å². The summed E-state index contributed by atoms with van der Waals surface area (Å²) in [6.45, 7) is 3.97. The van der Waals surface area contributed by atoms with E-state index in [4.69, 9.17) is 10.00 Å². The van der Waals surface area contributed by atoms with Crippen LogP contribution in [0.5, 0.6) is 0 Å². The van der Waals surface area contributed by atoms with Gasteiger partial charge in [-0.2, -0.15) is 5.26 Å². The molecule has 1 unspecified atom stereocenters. The van der Waals surface area contributed by atoms with E-state index in [2.05, 4.69) is 5.32 Å². The maximum absolute atomic E-state index is 11.9. The zero-order valence-electron chi connectivity index (χ0n) is 12.5. The van der Waals surface area contributed by atoms with Crippen LogP contribution < -0.4 is 10.2 Å². The summed E-state index contributed by atoms with van der Waals surface area (Å²) >= 11 is 0. The Balaban J connectivity index is 2.06. The van der Waals surface area contributed by atoms with Crippen LogP contribution in [-0.4, -0.2) is 31.2 Å². The first-order valence-corrected chi connectivity index (χ1v) is 6.90. The first kappa shape index (κ1) is 15.6. The molecular formula is C16H17N3O3. The number of benzene rings is 1. The van der Waals surface area contributed by atoms with E-state index < -0.39 is 6.09 Å². The Hall–Kier alpha value is -2.81. The highest BCUT2D eigenvalue weighted by molar-refractivity contribution is 5.90. The van der Waals surface area contributed by atoms with Crippen molar-refractivity contribution in [1.29, 1.82) is 5.26 Å². The number of anilines is 1. The van der Waals surface area contributed by atoms with Crippen LogP contribution in [0.2, 0.25) is 0 Å². The van der Waals surface area contributed by atoms with E-state index in [0.717, 1.165) is 16.8 Å². The van der Waals surface area contributed by atoms with Gasteiger partial charge in [-0.15, -0.1) is 0 Å². The highest BCUT2D eigenvalue weighted by Crippen LogP contribution is 2.24. The molecule has 0 saturated carbocycles. The van der Waals surface area contributed by atoms with E-state index in [9.17, 15) is 9.59 Å². The number of allylic oxidation sites excluding steroid dienone is 2. The molecule has 0 aliphatic carbocycles. The minimum atomic E-state index is -0.424. The lowest BCUT2D eigenvalue weighted by Crippen LogP contribution is -2.33. The summed E-state index contributed by atoms with van der Waals surface area (Å²) in [7, 11) is 0. The van der Waals surface area contributed by atoms with Crippen molar-refractivity contribution < 1.29 is 14.3 Å². The van der Waals surface area contributed by atoms with Gasteiger partial charge in [0.1, 0.15) is 6.10 Å². The summed E-state index contributed by atoms with van der Waals surface area (Å²) in [6.07, 6.45) is 0.700. The van der Waals surface area contributed by atoms with Gasteiger partial charge in [0, 0.05) is 18.7 Å². The van der Waals surface area contributed by atoms with E-state index in [1.807, 2.05) is 37.3 Å². The van der Waals surface area contributed by atoms with E-state index in [1.165, 1.54) is 17.9 Å². The average Bonchev–Trinajstić information content (AvgIpc) is 2.86. The Bertz CT molecular complexity index is 644. The number of carbonyl (C=O) groups is 2. The fourth-order valence-corrected chi connectivity index (χ4v) is 2.18. The quantitative estimate of drug-likeness (QED) is 0.863. The second-order valence-electron chi connectivity index (χ2n) is 5.06. The van der Waals surface area contributed by atoms with Crippen molar-refractivity contribution in [2.24, 2.45) is 0 Å². The molecule has 1 aromatic rings. The lowest BCUT2D eigenvalue weighted by Gasteiger charge is -2.13. The number of nitrogens with zero attached hydrogens (tertiary/aromatic N) is 2. The standard InChI is InChI=1S/C16H17N3O3/c1-11(7-8-17)13-3-5-14(6-4-13)19-10-15(22-16(19)21)9-18-12(2)20/h3-7,15H,9-10H2,1-2H3,(H,18,20). The topological polar surface area (TPSA) is 82.4 Å². The predicted molar refractivity (Wildman–Crippen MR) is 82.0 cm³/mol. The van der Waals surface area contributed by atoms with Crippen LogP contribution in [0.1, 0.15) is 19.4 Å². The summed E-state index contributed by atoms with van der Waals surface area (Å²) < 4.78 is 5.21.